The van der Waals surface area contributed by atoms with Gasteiger partial charge in [0, 0.05) is 6.54 Å². The van der Waals surface area contributed by atoms with Crippen molar-refractivity contribution in [3.63, 3.8) is 0 Å². The van der Waals surface area contributed by atoms with Gasteiger partial charge in [0.2, 0.25) is 0 Å². The number of benzene rings is 1. The molecule has 0 saturated heterocycles. The summed E-state index contributed by atoms with van der Waals surface area (Å²) < 4.78 is 12.8. The third kappa shape index (κ3) is 5.00. The van der Waals surface area contributed by atoms with E-state index in [1.54, 1.807) is 12.1 Å². The van der Waals surface area contributed by atoms with Gasteiger partial charge in [-0.15, -0.1) is 0 Å². The van der Waals surface area contributed by atoms with E-state index < -0.39 is 0 Å². The number of rotatable bonds is 5. The molecule has 0 aliphatic heterocycles. The lowest BCUT2D eigenvalue weighted by Crippen LogP contribution is -2.22. The van der Waals surface area contributed by atoms with E-state index in [1.807, 2.05) is 6.07 Å². The molecule has 4 heteroatoms. The fourth-order valence-electron chi connectivity index (χ4n) is 1.34. The molecule has 0 radical (unpaired) electrons. The second-order valence-corrected chi connectivity index (χ2v) is 3.39. The van der Waals surface area contributed by atoms with E-state index >= 15 is 0 Å². The monoisotopic (exact) mass is 209 g/mol. The molecule has 0 spiro atoms. The van der Waals surface area contributed by atoms with Crippen molar-refractivity contribution in [2.75, 3.05) is 6.54 Å². The van der Waals surface area contributed by atoms with Gasteiger partial charge < -0.3 is 11.5 Å². The fraction of sp³-hybridized carbons (Fsp3) is 0.364. The molecule has 4 N–H and O–H groups in total. The minimum absolute atomic E-state index is 0.126. The Hall–Kier alpha value is -1.58. The van der Waals surface area contributed by atoms with E-state index in [-0.39, 0.29) is 11.8 Å². The second-order valence-electron chi connectivity index (χ2n) is 3.39. The van der Waals surface area contributed by atoms with E-state index in [4.69, 9.17) is 11.5 Å². The first-order chi connectivity index (χ1) is 7.18. The molecule has 3 nitrogen and oxygen atoms in total. The zero-order valence-corrected chi connectivity index (χ0v) is 8.62. The zero-order valence-electron chi connectivity index (χ0n) is 8.62. The van der Waals surface area contributed by atoms with Gasteiger partial charge in [-0.2, -0.15) is 0 Å². The molecule has 1 rings (SSSR count). The summed E-state index contributed by atoms with van der Waals surface area (Å²) in [4.78, 5) is 3.87. The lowest BCUT2D eigenvalue weighted by atomic mass is 10.1. The largest absolute Gasteiger partial charge is 0.370 e. The van der Waals surface area contributed by atoms with Crippen LogP contribution in [-0.4, -0.2) is 12.5 Å². The summed E-state index contributed by atoms with van der Waals surface area (Å²) in [6.07, 6.45) is 2.73. The zero-order chi connectivity index (χ0) is 11.1. The molecule has 1 aromatic rings. The van der Waals surface area contributed by atoms with E-state index in [0.29, 0.717) is 6.54 Å². The van der Waals surface area contributed by atoms with Gasteiger partial charge in [0.15, 0.2) is 5.96 Å². The Morgan fingerprint density at radius 1 is 1.27 bits per heavy atom. The summed E-state index contributed by atoms with van der Waals surface area (Å²) in [5, 5.41) is 0. The first-order valence-corrected chi connectivity index (χ1v) is 4.98. The molecule has 0 heterocycles. The highest BCUT2D eigenvalue weighted by Crippen LogP contribution is 2.07. The summed E-state index contributed by atoms with van der Waals surface area (Å²) >= 11 is 0. The van der Waals surface area contributed by atoms with Gasteiger partial charge in [-0.25, -0.2) is 4.39 Å². The lowest BCUT2D eigenvalue weighted by Gasteiger charge is -2.00. The topological polar surface area (TPSA) is 64.4 Å². The summed E-state index contributed by atoms with van der Waals surface area (Å²) in [6.45, 7) is 0.637. The van der Waals surface area contributed by atoms with Gasteiger partial charge in [-0.05, 0) is 37.0 Å². The van der Waals surface area contributed by atoms with Crippen molar-refractivity contribution in [2.45, 2.75) is 19.3 Å². The highest BCUT2D eigenvalue weighted by molar-refractivity contribution is 5.75. The summed E-state index contributed by atoms with van der Waals surface area (Å²) in [6, 6.07) is 6.65. The van der Waals surface area contributed by atoms with Crippen molar-refractivity contribution in [1.82, 2.24) is 0 Å². The fourth-order valence-corrected chi connectivity index (χ4v) is 1.34. The Balaban J connectivity index is 2.23. The van der Waals surface area contributed by atoms with Crippen LogP contribution in [0.15, 0.2) is 29.3 Å². The Bertz CT molecular complexity index is 332. The predicted octanol–water partition coefficient (Wildman–Crippen LogP) is 1.42. The molecule has 0 saturated carbocycles. The maximum absolute atomic E-state index is 12.8. The number of nitrogens with zero attached hydrogens (tertiary/aromatic N) is 1. The first-order valence-electron chi connectivity index (χ1n) is 4.98. The normalized spacial score (nSPS) is 9.93. The van der Waals surface area contributed by atoms with Crippen molar-refractivity contribution < 1.29 is 4.39 Å². The van der Waals surface area contributed by atoms with Crippen molar-refractivity contribution in [3.8, 4) is 0 Å². The molecule has 0 amide bonds. The van der Waals surface area contributed by atoms with Crippen LogP contribution >= 0.6 is 0 Å². The number of guanidine groups is 1. The van der Waals surface area contributed by atoms with Gasteiger partial charge in [-0.1, -0.05) is 12.1 Å². The number of nitrogens with two attached hydrogens (primary N) is 2. The third-order valence-electron chi connectivity index (χ3n) is 2.06. The quantitative estimate of drug-likeness (QED) is 0.437. The van der Waals surface area contributed by atoms with E-state index in [0.717, 1.165) is 24.8 Å². The van der Waals surface area contributed by atoms with Crippen LogP contribution in [0.5, 0.6) is 0 Å². The van der Waals surface area contributed by atoms with E-state index in [2.05, 4.69) is 4.99 Å². The number of unbranched alkanes of at least 4 members (excludes halogenated alkanes) is 1. The van der Waals surface area contributed by atoms with Gasteiger partial charge in [0.05, 0.1) is 0 Å². The third-order valence-corrected chi connectivity index (χ3v) is 2.06. The number of aliphatic imine (C=N–C) groups is 1. The van der Waals surface area contributed by atoms with Crippen LogP contribution in [0.25, 0.3) is 0 Å². The average Bonchev–Trinajstić information content (AvgIpc) is 2.17. The molecular formula is C11H16FN3. The Morgan fingerprint density at radius 2 is 2.07 bits per heavy atom. The summed E-state index contributed by atoms with van der Waals surface area (Å²) in [5.41, 5.74) is 11.4. The molecule has 1 aromatic carbocycles. The van der Waals surface area contributed by atoms with Crippen molar-refractivity contribution >= 4 is 5.96 Å². The van der Waals surface area contributed by atoms with Crippen LogP contribution in [0, 0.1) is 5.82 Å². The van der Waals surface area contributed by atoms with Crippen molar-refractivity contribution in [2.24, 2.45) is 16.5 Å². The van der Waals surface area contributed by atoms with Gasteiger partial charge >= 0.3 is 0 Å². The van der Waals surface area contributed by atoms with Crippen molar-refractivity contribution in [3.05, 3.63) is 35.6 Å². The molecular weight excluding hydrogens is 193 g/mol. The number of hydrogen-bond acceptors (Lipinski definition) is 1. The predicted molar refractivity (Wildman–Crippen MR) is 60.0 cm³/mol. The van der Waals surface area contributed by atoms with E-state index in [9.17, 15) is 4.39 Å². The van der Waals surface area contributed by atoms with Crippen LogP contribution < -0.4 is 11.5 Å². The van der Waals surface area contributed by atoms with Crippen molar-refractivity contribution in [1.29, 1.82) is 0 Å². The maximum atomic E-state index is 12.8. The Kier molecular flexibility index (Phi) is 4.60. The van der Waals surface area contributed by atoms with E-state index in [1.165, 1.54) is 6.07 Å². The molecule has 0 aliphatic carbocycles. The molecule has 0 unspecified atom stereocenters. The Morgan fingerprint density at radius 3 is 2.73 bits per heavy atom. The van der Waals surface area contributed by atoms with Crippen LogP contribution in [0.1, 0.15) is 18.4 Å². The van der Waals surface area contributed by atoms with Gasteiger partial charge in [0.25, 0.3) is 0 Å². The lowest BCUT2D eigenvalue weighted by molar-refractivity contribution is 0.623. The molecule has 0 atom stereocenters. The molecule has 82 valence electrons. The van der Waals surface area contributed by atoms with Crippen LogP contribution in [0.3, 0.4) is 0 Å². The number of halogens is 1. The van der Waals surface area contributed by atoms with Crippen LogP contribution in [0.4, 0.5) is 4.39 Å². The molecule has 0 bridgehead atoms. The molecule has 15 heavy (non-hydrogen) atoms. The average molecular weight is 209 g/mol. The molecule has 0 fully saturated rings. The minimum Gasteiger partial charge on any atom is -0.370 e. The summed E-state index contributed by atoms with van der Waals surface area (Å²) in [5.74, 6) is -0.0579. The summed E-state index contributed by atoms with van der Waals surface area (Å²) in [7, 11) is 0. The SMILES string of the molecule is NC(N)=NCCCCc1cccc(F)c1. The van der Waals surface area contributed by atoms with Gasteiger partial charge in [0.1, 0.15) is 5.82 Å². The highest BCUT2D eigenvalue weighted by Gasteiger charge is 1.95. The highest BCUT2D eigenvalue weighted by atomic mass is 19.1. The first kappa shape index (κ1) is 11.5. The van der Waals surface area contributed by atoms with Gasteiger partial charge in [-0.3, -0.25) is 4.99 Å². The smallest absolute Gasteiger partial charge is 0.185 e. The second kappa shape index (κ2) is 6.01. The maximum Gasteiger partial charge on any atom is 0.185 e. The number of aryl methyl sites for hydroxylation is 1. The molecule has 0 aromatic heterocycles. The minimum atomic E-state index is -0.184. The number of hydrogen-bond donors (Lipinski definition) is 2. The van der Waals surface area contributed by atoms with Crippen LogP contribution in [-0.2, 0) is 6.42 Å². The standard InChI is InChI=1S/C11H16FN3/c12-10-6-3-5-9(8-10)4-1-2-7-15-11(13)14/h3,5-6,8H,1-2,4,7H2,(H4,13,14,15). The Labute approximate surface area is 89.0 Å². The van der Waals surface area contributed by atoms with Crippen LogP contribution in [0.2, 0.25) is 0 Å². The molecule has 0 aliphatic rings.